The summed E-state index contributed by atoms with van der Waals surface area (Å²) in [5, 5.41) is 9.52. The van der Waals surface area contributed by atoms with Crippen molar-refractivity contribution in [3.05, 3.63) is 0 Å². The van der Waals surface area contributed by atoms with Gasteiger partial charge in [0.05, 0.1) is 5.34 Å². The topological polar surface area (TPSA) is 20.2 Å². The molecule has 0 aliphatic carbocycles. The highest BCUT2D eigenvalue weighted by Crippen LogP contribution is 2.28. The summed E-state index contributed by atoms with van der Waals surface area (Å²) in [5.74, 6) is 0. The van der Waals surface area contributed by atoms with Crippen molar-refractivity contribution < 1.29 is 5.11 Å². The number of hydrogen-bond acceptors (Lipinski definition) is 1. The third-order valence-corrected chi connectivity index (χ3v) is 3.25. The predicted octanol–water partition coefficient (Wildman–Crippen LogP) is 4.10. The van der Waals surface area contributed by atoms with Crippen molar-refractivity contribution in [3.8, 4) is 0 Å². The molecule has 0 radical (unpaired) electrons. The molecule has 2 atom stereocenters. The van der Waals surface area contributed by atoms with E-state index in [0.29, 0.717) is 0 Å². The predicted molar refractivity (Wildman–Crippen MR) is 67.6 cm³/mol. The summed E-state index contributed by atoms with van der Waals surface area (Å²) in [6.45, 7) is 4.41. The fraction of sp³-hybridized carbons (Fsp3) is 1.00. The summed E-state index contributed by atoms with van der Waals surface area (Å²) in [7, 11) is 2.63. The van der Waals surface area contributed by atoms with Crippen LogP contribution in [0.15, 0.2) is 0 Å². The van der Waals surface area contributed by atoms with Gasteiger partial charge in [-0.05, 0) is 12.8 Å². The molecule has 0 spiro atoms. The summed E-state index contributed by atoms with van der Waals surface area (Å²) < 4.78 is 0. The third-order valence-electron chi connectivity index (χ3n) is 2.68. The van der Waals surface area contributed by atoms with Crippen LogP contribution in [0.2, 0.25) is 0 Å². The molecule has 0 fully saturated rings. The third kappa shape index (κ3) is 8.97. The first-order valence-corrected chi connectivity index (χ1v) is 6.71. The Balaban J connectivity index is 3.40. The molecule has 1 nitrogen and oxygen atoms in total. The molecule has 1 N–H and O–H groups in total. The molecule has 0 bridgehead atoms. The van der Waals surface area contributed by atoms with E-state index in [1.165, 1.54) is 38.5 Å². The van der Waals surface area contributed by atoms with Gasteiger partial charge in [0.1, 0.15) is 0 Å². The molecule has 2 heteroatoms. The van der Waals surface area contributed by atoms with Gasteiger partial charge in [-0.25, -0.2) is 0 Å². The molecular formula is C12H27OP. The monoisotopic (exact) mass is 218 g/mol. The summed E-state index contributed by atoms with van der Waals surface area (Å²) in [4.78, 5) is 0. The second kappa shape index (κ2) is 8.68. The lowest BCUT2D eigenvalue weighted by Crippen LogP contribution is -2.19. The quantitative estimate of drug-likeness (QED) is 0.456. The molecule has 86 valence electrons. The van der Waals surface area contributed by atoms with Gasteiger partial charge in [-0.3, -0.25) is 0 Å². The van der Waals surface area contributed by atoms with Gasteiger partial charge in [0, 0.05) is 0 Å². The van der Waals surface area contributed by atoms with Gasteiger partial charge in [0.25, 0.3) is 0 Å². The number of aliphatic hydroxyl groups is 1. The normalized spacial score (nSPS) is 15.4. The number of unbranched alkanes of at least 4 members (excludes halogenated alkanes) is 5. The Morgan fingerprint density at radius 3 is 1.79 bits per heavy atom. The van der Waals surface area contributed by atoms with E-state index in [4.69, 9.17) is 0 Å². The Morgan fingerprint density at radius 1 is 0.857 bits per heavy atom. The highest BCUT2D eigenvalue weighted by Gasteiger charge is 2.18. The lowest BCUT2D eigenvalue weighted by Gasteiger charge is -2.22. The Hall–Kier alpha value is 0.390. The summed E-state index contributed by atoms with van der Waals surface area (Å²) in [6.07, 6.45) is 10.5. The van der Waals surface area contributed by atoms with Gasteiger partial charge >= 0.3 is 0 Å². The van der Waals surface area contributed by atoms with Gasteiger partial charge < -0.3 is 5.11 Å². The Labute approximate surface area is 91.9 Å². The first-order chi connectivity index (χ1) is 6.62. The first kappa shape index (κ1) is 14.4. The largest absolute Gasteiger partial charge is 0.386 e. The van der Waals surface area contributed by atoms with Crippen LogP contribution >= 0.6 is 9.24 Å². The zero-order chi connectivity index (χ0) is 10.9. The zero-order valence-corrected chi connectivity index (χ0v) is 11.0. The van der Waals surface area contributed by atoms with Crippen molar-refractivity contribution in [1.82, 2.24) is 0 Å². The van der Waals surface area contributed by atoms with E-state index < -0.39 is 5.34 Å². The Morgan fingerprint density at radius 2 is 1.29 bits per heavy atom. The second-order valence-corrected chi connectivity index (χ2v) is 5.45. The van der Waals surface area contributed by atoms with Gasteiger partial charge in [0.2, 0.25) is 0 Å². The molecule has 0 aromatic rings. The van der Waals surface area contributed by atoms with Crippen molar-refractivity contribution in [1.29, 1.82) is 0 Å². The summed E-state index contributed by atoms with van der Waals surface area (Å²) >= 11 is 0. The van der Waals surface area contributed by atoms with E-state index in [1.807, 2.05) is 0 Å². The van der Waals surface area contributed by atoms with Gasteiger partial charge in [-0.15, -0.1) is 9.24 Å². The maximum absolute atomic E-state index is 10.0. The van der Waals surface area contributed by atoms with Crippen LogP contribution < -0.4 is 0 Å². The van der Waals surface area contributed by atoms with Crippen LogP contribution in [0.3, 0.4) is 0 Å². The molecule has 0 aromatic heterocycles. The van der Waals surface area contributed by atoms with Crippen molar-refractivity contribution in [2.24, 2.45) is 0 Å². The molecule has 0 saturated carbocycles. The van der Waals surface area contributed by atoms with E-state index in [-0.39, 0.29) is 0 Å². The minimum absolute atomic E-state index is 0.483. The minimum Gasteiger partial charge on any atom is -0.386 e. The van der Waals surface area contributed by atoms with Crippen LogP contribution in [-0.4, -0.2) is 10.4 Å². The van der Waals surface area contributed by atoms with Crippen LogP contribution in [0.1, 0.15) is 71.6 Å². The lowest BCUT2D eigenvalue weighted by atomic mass is 10.0. The lowest BCUT2D eigenvalue weighted by molar-refractivity contribution is 0.110. The fourth-order valence-corrected chi connectivity index (χ4v) is 2.07. The maximum Gasteiger partial charge on any atom is 0.0778 e. The van der Waals surface area contributed by atoms with Gasteiger partial charge in [-0.2, -0.15) is 0 Å². The number of hydrogen-bond donors (Lipinski definition) is 1. The van der Waals surface area contributed by atoms with E-state index in [0.717, 1.165) is 19.3 Å². The molecule has 0 aliphatic rings. The smallest absolute Gasteiger partial charge is 0.0778 e. The highest BCUT2D eigenvalue weighted by molar-refractivity contribution is 7.18. The van der Waals surface area contributed by atoms with Crippen LogP contribution in [-0.2, 0) is 0 Å². The molecule has 0 aromatic carbocycles. The van der Waals surface area contributed by atoms with Crippen LogP contribution in [0.5, 0.6) is 0 Å². The van der Waals surface area contributed by atoms with Gasteiger partial charge in [-0.1, -0.05) is 58.8 Å². The first-order valence-electron chi connectivity index (χ1n) is 6.13. The standard InChI is InChI=1S/C12H27OP/c1-3-5-7-9-11-12(13,14)10-8-6-4-2/h13H,3-11,14H2,1-2H3. The van der Waals surface area contributed by atoms with Crippen molar-refractivity contribution in [2.45, 2.75) is 77.0 Å². The Bertz CT molecular complexity index is 123. The molecule has 0 amide bonds. The average Bonchev–Trinajstić information content (AvgIpc) is 2.13. The molecule has 0 saturated heterocycles. The van der Waals surface area contributed by atoms with E-state index >= 15 is 0 Å². The molecule has 0 heterocycles. The van der Waals surface area contributed by atoms with Crippen LogP contribution in [0, 0.1) is 0 Å². The molecular weight excluding hydrogens is 191 g/mol. The molecule has 2 unspecified atom stereocenters. The average molecular weight is 218 g/mol. The summed E-state index contributed by atoms with van der Waals surface area (Å²) in [6, 6.07) is 0. The zero-order valence-electron chi connectivity index (χ0n) is 9.89. The van der Waals surface area contributed by atoms with Crippen molar-refractivity contribution in [3.63, 3.8) is 0 Å². The summed E-state index contributed by atoms with van der Waals surface area (Å²) in [5.41, 5.74) is 0. The molecule has 14 heavy (non-hydrogen) atoms. The van der Waals surface area contributed by atoms with Crippen LogP contribution in [0.4, 0.5) is 0 Å². The molecule has 0 aliphatic heterocycles. The SMILES string of the molecule is CCCCCCC(O)(P)CCCCC. The van der Waals surface area contributed by atoms with E-state index in [1.54, 1.807) is 0 Å². The van der Waals surface area contributed by atoms with Gasteiger partial charge in [0.15, 0.2) is 0 Å². The van der Waals surface area contributed by atoms with Crippen molar-refractivity contribution >= 4 is 9.24 Å². The Kier molecular flexibility index (Phi) is 8.92. The highest BCUT2D eigenvalue weighted by atomic mass is 31.0. The molecule has 0 rings (SSSR count). The van der Waals surface area contributed by atoms with E-state index in [2.05, 4.69) is 23.1 Å². The number of rotatable bonds is 9. The minimum atomic E-state index is -0.483. The van der Waals surface area contributed by atoms with E-state index in [9.17, 15) is 5.11 Å². The second-order valence-electron chi connectivity index (χ2n) is 4.37. The van der Waals surface area contributed by atoms with Crippen LogP contribution in [0.25, 0.3) is 0 Å². The fourth-order valence-electron chi connectivity index (χ4n) is 1.66. The van der Waals surface area contributed by atoms with Crippen molar-refractivity contribution in [2.75, 3.05) is 0 Å². The maximum atomic E-state index is 10.0.